The lowest BCUT2D eigenvalue weighted by atomic mass is 10.3. The zero-order valence-electron chi connectivity index (χ0n) is 13.8. The summed E-state index contributed by atoms with van der Waals surface area (Å²) in [7, 11) is 1.65. The van der Waals surface area contributed by atoms with Crippen LogP contribution in [0.4, 0.5) is 11.6 Å². The van der Waals surface area contributed by atoms with Gasteiger partial charge in [-0.05, 0) is 24.3 Å². The molecule has 1 aliphatic heterocycles. The van der Waals surface area contributed by atoms with Crippen molar-refractivity contribution in [2.45, 2.75) is 0 Å². The standard InChI is InChI=1S/C17H22N4O3/c1-22-14-2-4-15(5-3-14)24-9-6-18-16-12-17(20-13-19-16)21-7-10-23-11-8-21/h2-5,12-13H,6-11H2,1H3,(H,18,19,20). The second-order valence-corrected chi connectivity index (χ2v) is 5.31. The Hall–Kier alpha value is -2.54. The van der Waals surface area contributed by atoms with E-state index in [0.717, 1.165) is 49.4 Å². The van der Waals surface area contributed by atoms with Gasteiger partial charge in [0.1, 0.15) is 36.1 Å². The summed E-state index contributed by atoms with van der Waals surface area (Å²) in [6.07, 6.45) is 1.58. The van der Waals surface area contributed by atoms with Crippen LogP contribution in [0.15, 0.2) is 36.7 Å². The number of rotatable bonds is 7. The maximum absolute atomic E-state index is 5.69. The summed E-state index contributed by atoms with van der Waals surface area (Å²) in [4.78, 5) is 10.8. The van der Waals surface area contributed by atoms with Crippen LogP contribution >= 0.6 is 0 Å². The highest BCUT2D eigenvalue weighted by molar-refractivity contribution is 5.48. The number of methoxy groups -OCH3 is 1. The van der Waals surface area contributed by atoms with E-state index in [1.54, 1.807) is 13.4 Å². The second-order valence-electron chi connectivity index (χ2n) is 5.31. The fourth-order valence-electron chi connectivity index (χ4n) is 2.43. The van der Waals surface area contributed by atoms with Crippen LogP contribution in [0.5, 0.6) is 11.5 Å². The van der Waals surface area contributed by atoms with Crippen molar-refractivity contribution in [3.63, 3.8) is 0 Å². The van der Waals surface area contributed by atoms with Crippen LogP contribution in [0.3, 0.4) is 0 Å². The Balaban J connectivity index is 1.45. The summed E-state index contributed by atoms with van der Waals surface area (Å²) in [5.41, 5.74) is 0. The molecule has 24 heavy (non-hydrogen) atoms. The average molecular weight is 330 g/mol. The molecule has 1 fully saturated rings. The fourth-order valence-corrected chi connectivity index (χ4v) is 2.43. The predicted molar refractivity (Wildman–Crippen MR) is 92.0 cm³/mol. The van der Waals surface area contributed by atoms with Gasteiger partial charge in [-0.2, -0.15) is 0 Å². The molecule has 1 aromatic carbocycles. The minimum absolute atomic E-state index is 0.545. The van der Waals surface area contributed by atoms with Gasteiger partial charge in [0.25, 0.3) is 0 Å². The number of aromatic nitrogens is 2. The Morgan fingerprint density at radius 1 is 1.12 bits per heavy atom. The Morgan fingerprint density at radius 2 is 1.88 bits per heavy atom. The van der Waals surface area contributed by atoms with Crippen molar-refractivity contribution in [1.82, 2.24) is 9.97 Å². The molecule has 3 rings (SSSR count). The summed E-state index contributed by atoms with van der Waals surface area (Å²) < 4.78 is 16.2. The fraction of sp³-hybridized carbons (Fsp3) is 0.412. The third-order valence-electron chi connectivity index (χ3n) is 3.72. The zero-order valence-corrected chi connectivity index (χ0v) is 13.8. The number of morpholine rings is 1. The first-order valence-electron chi connectivity index (χ1n) is 8.00. The van der Waals surface area contributed by atoms with Crippen molar-refractivity contribution < 1.29 is 14.2 Å². The molecule has 1 aliphatic rings. The number of nitrogens with one attached hydrogen (secondary N) is 1. The maximum atomic E-state index is 5.69. The van der Waals surface area contributed by atoms with Gasteiger partial charge in [-0.15, -0.1) is 0 Å². The first kappa shape index (κ1) is 16.3. The third kappa shape index (κ3) is 4.48. The highest BCUT2D eigenvalue weighted by Crippen LogP contribution is 2.17. The number of ether oxygens (including phenoxy) is 3. The topological polar surface area (TPSA) is 68.7 Å². The van der Waals surface area contributed by atoms with E-state index >= 15 is 0 Å². The molecule has 0 saturated carbocycles. The van der Waals surface area contributed by atoms with Gasteiger partial charge in [-0.3, -0.25) is 0 Å². The smallest absolute Gasteiger partial charge is 0.134 e. The monoisotopic (exact) mass is 330 g/mol. The van der Waals surface area contributed by atoms with Gasteiger partial charge in [-0.25, -0.2) is 9.97 Å². The van der Waals surface area contributed by atoms with Crippen molar-refractivity contribution in [2.75, 3.05) is 56.8 Å². The number of nitrogens with zero attached hydrogens (tertiary/aromatic N) is 3. The van der Waals surface area contributed by atoms with E-state index in [0.29, 0.717) is 13.2 Å². The van der Waals surface area contributed by atoms with Crippen molar-refractivity contribution in [2.24, 2.45) is 0 Å². The molecule has 1 saturated heterocycles. The van der Waals surface area contributed by atoms with E-state index in [1.165, 1.54) is 0 Å². The van der Waals surface area contributed by atoms with Crippen molar-refractivity contribution in [3.8, 4) is 11.5 Å². The molecule has 0 radical (unpaired) electrons. The van der Waals surface area contributed by atoms with Crippen LogP contribution < -0.4 is 19.7 Å². The molecular formula is C17H22N4O3. The summed E-state index contributed by atoms with van der Waals surface area (Å²) in [5, 5.41) is 3.26. The molecule has 1 N–H and O–H groups in total. The van der Waals surface area contributed by atoms with Crippen LogP contribution in [0.1, 0.15) is 0 Å². The van der Waals surface area contributed by atoms with Crippen LogP contribution in [0, 0.1) is 0 Å². The highest BCUT2D eigenvalue weighted by Gasteiger charge is 2.12. The Kier molecular flexibility index (Phi) is 5.68. The molecule has 128 valence electrons. The van der Waals surface area contributed by atoms with Crippen LogP contribution in [-0.2, 0) is 4.74 Å². The van der Waals surface area contributed by atoms with E-state index < -0.39 is 0 Å². The van der Waals surface area contributed by atoms with Gasteiger partial charge in [0.2, 0.25) is 0 Å². The summed E-state index contributed by atoms with van der Waals surface area (Å²) in [6, 6.07) is 9.49. The van der Waals surface area contributed by atoms with Gasteiger partial charge >= 0.3 is 0 Å². The van der Waals surface area contributed by atoms with E-state index in [1.807, 2.05) is 30.3 Å². The molecule has 1 aromatic heterocycles. The lowest BCUT2D eigenvalue weighted by molar-refractivity contribution is 0.122. The quantitative estimate of drug-likeness (QED) is 0.777. The van der Waals surface area contributed by atoms with Gasteiger partial charge in [0, 0.05) is 19.2 Å². The van der Waals surface area contributed by atoms with Crippen LogP contribution in [0.2, 0.25) is 0 Å². The molecular weight excluding hydrogens is 308 g/mol. The second kappa shape index (κ2) is 8.35. The van der Waals surface area contributed by atoms with Crippen LogP contribution in [0.25, 0.3) is 0 Å². The molecule has 0 bridgehead atoms. The summed E-state index contributed by atoms with van der Waals surface area (Å²) in [6.45, 7) is 4.40. The molecule has 2 heterocycles. The molecule has 7 heteroatoms. The maximum Gasteiger partial charge on any atom is 0.134 e. The first-order valence-corrected chi connectivity index (χ1v) is 8.00. The van der Waals surface area contributed by atoms with Crippen molar-refractivity contribution in [1.29, 1.82) is 0 Å². The van der Waals surface area contributed by atoms with E-state index in [-0.39, 0.29) is 0 Å². The molecule has 0 spiro atoms. The van der Waals surface area contributed by atoms with Crippen molar-refractivity contribution >= 4 is 11.6 Å². The zero-order chi connectivity index (χ0) is 16.6. The number of hydrogen-bond donors (Lipinski definition) is 1. The first-order chi connectivity index (χ1) is 11.8. The highest BCUT2D eigenvalue weighted by atomic mass is 16.5. The van der Waals surface area contributed by atoms with Gasteiger partial charge in [0.05, 0.1) is 26.9 Å². The largest absolute Gasteiger partial charge is 0.497 e. The third-order valence-corrected chi connectivity index (χ3v) is 3.72. The number of hydrogen-bond acceptors (Lipinski definition) is 7. The number of anilines is 2. The molecule has 0 unspecified atom stereocenters. The summed E-state index contributed by atoms with van der Waals surface area (Å²) >= 11 is 0. The minimum atomic E-state index is 0.545. The Labute approximate surface area is 141 Å². The van der Waals surface area contributed by atoms with Gasteiger partial charge in [-0.1, -0.05) is 0 Å². The lowest BCUT2D eigenvalue weighted by Gasteiger charge is -2.27. The van der Waals surface area contributed by atoms with Crippen LogP contribution in [-0.4, -0.2) is 56.5 Å². The molecule has 0 aliphatic carbocycles. The van der Waals surface area contributed by atoms with E-state index in [9.17, 15) is 0 Å². The van der Waals surface area contributed by atoms with Gasteiger partial charge in [0.15, 0.2) is 0 Å². The Bertz CT molecular complexity index is 630. The SMILES string of the molecule is COc1ccc(OCCNc2cc(N3CCOCC3)ncn2)cc1. The van der Waals surface area contributed by atoms with E-state index in [2.05, 4.69) is 20.2 Å². The lowest BCUT2D eigenvalue weighted by Crippen LogP contribution is -2.36. The molecule has 0 atom stereocenters. The van der Waals surface area contributed by atoms with E-state index in [4.69, 9.17) is 14.2 Å². The minimum Gasteiger partial charge on any atom is -0.497 e. The predicted octanol–water partition coefficient (Wildman–Crippen LogP) is 1.81. The molecule has 0 amide bonds. The average Bonchev–Trinajstić information content (AvgIpc) is 2.67. The molecule has 2 aromatic rings. The molecule has 7 nitrogen and oxygen atoms in total. The van der Waals surface area contributed by atoms with Gasteiger partial charge < -0.3 is 24.4 Å². The Morgan fingerprint density at radius 3 is 2.62 bits per heavy atom. The normalized spacial score (nSPS) is 14.3. The van der Waals surface area contributed by atoms with Crippen molar-refractivity contribution in [3.05, 3.63) is 36.7 Å². The number of benzene rings is 1. The summed E-state index contributed by atoms with van der Waals surface area (Å²) in [5.74, 6) is 3.35.